The standard InChI is InChI=1S/C22H20N2O2S/c1-2-13-23-22(26)19-9-5-6-10-20(19)24-21(25)15-27-18-12-11-16-7-3-4-8-17(16)14-18/h2-12,14H,1,13,15H2,(H,23,26)(H,24,25). The van der Waals surface area contributed by atoms with Gasteiger partial charge < -0.3 is 10.6 Å². The van der Waals surface area contributed by atoms with Gasteiger partial charge in [0.1, 0.15) is 0 Å². The van der Waals surface area contributed by atoms with Crippen molar-refractivity contribution >= 4 is 40.0 Å². The largest absolute Gasteiger partial charge is 0.349 e. The van der Waals surface area contributed by atoms with Gasteiger partial charge in [0.05, 0.1) is 17.0 Å². The number of anilines is 1. The SMILES string of the molecule is C=CCNC(=O)c1ccccc1NC(=O)CSc1ccc2ccccc2c1. The first-order chi connectivity index (χ1) is 13.2. The van der Waals surface area contributed by atoms with Crippen LogP contribution in [0, 0.1) is 0 Å². The van der Waals surface area contributed by atoms with E-state index in [1.807, 2.05) is 18.2 Å². The second-order valence-corrected chi connectivity index (χ2v) is 6.94. The van der Waals surface area contributed by atoms with Gasteiger partial charge >= 0.3 is 0 Å². The van der Waals surface area contributed by atoms with E-state index >= 15 is 0 Å². The molecule has 4 nitrogen and oxygen atoms in total. The molecule has 0 aliphatic heterocycles. The zero-order chi connectivity index (χ0) is 19.1. The Bertz CT molecular complexity index is 985. The van der Waals surface area contributed by atoms with Gasteiger partial charge in [0.25, 0.3) is 5.91 Å². The van der Waals surface area contributed by atoms with Crippen LogP contribution in [0.15, 0.2) is 84.3 Å². The third kappa shape index (κ3) is 4.99. The number of benzene rings is 3. The summed E-state index contributed by atoms with van der Waals surface area (Å²) in [7, 11) is 0. The highest BCUT2D eigenvalue weighted by Gasteiger charge is 2.12. The number of hydrogen-bond acceptors (Lipinski definition) is 3. The first-order valence-electron chi connectivity index (χ1n) is 8.57. The fourth-order valence-corrected chi connectivity index (χ4v) is 3.39. The number of carbonyl (C=O) groups excluding carboxylic acids is 2. The van der Waals surface area contributed by atoms with Crippen molar-refractivity contribution in [2.24, 2.45) is 0 Å². The number of amides is 2. The van der Waals surface area contributed by atoms with E-state index < -0.39 is 0 Å². The minimum absolute atomic E-state index is 0.155. The van der Waals surface area contributed by atoms with Crippen LogP contribution in [-0.4, -0.2) is 24.1 Å². The van der Waals surface area contributed by atoms with Crippen LogP contribution in [0.4, 0.5) is 5.69 Å². The number of hydrogen-bond donors (Lipinski definition) is 2. The van der Waals surface area contributed by atoms with Crippen LogP contribution in [0.1, 0.15) is 10.4 Å². The highest BCUT2D eigenvalue weighted by molar-refractivity contribution is 8.00. The Labute approximate surface area is 162 Å². The molecule has 0 atom stereocenters. The molecule has 0 heterocycles. The van der Waals surface area contributed by atoms with Crippen molar-refractivity contribution in [2.75, 3.05) is 17.6 Å². The third-order valence-electron chi connectivity index (χ3n) is 3.94. The van der Waals surface area contributed by atoms with Crippen LogP contribution in [-0.2, 0) is 4.79 Å². The first kappa shape index (κ1) is 18.7. The second kappa shape index (κ2) is 9.05. The Kier molecular flexibility index (Phi) is 6.28. The Hall–Kier alpha value is -3.05. The normalized spacial score (nSPS) is 10.4. The molecular weight excluding hydrogens is 356 g/mol. The van der Waals surface area contributed by atoms with Gasteiger partial charge in [-0.05, 0) is 35.0 Å². The summed E-state index contributed by atoms with van der Waals surface area (Å²) in [5, 5.41) is 7.87. The number of fused-ring (bicyclic) bond motifs is 1. The zero-order valence-corrected chi connectivity index (χ0v) is 15.6. The fourth-order valence-electron chi connectivity index (χ4n) is 2.64. The van der Waals surface area contributed by atoms with E-state index in [1.54, 1.807) is 30.3 Å². The molecule has 0 saturated carbocycles. The van der Waals surface area contributed by atoms with E-state index in [1.165, 1.54) is 17.1 Å². The van der Waals surface area contributed by atoms with E-state index in [-0.39, 0.29) is 17.6 Å². The smallest absolute Gasteiger partial charge is 0.253 e. The van der Waals surface area contributed by atoms with E-state index in [2.05, 4.69) is 41.5 Å². The molecule has 2 N–H and O–H groups in total. The summed E-state index contributed by atoms with van der Waals surface area (Å²) in [5.74, 6) is -0.133. The van der Waals surface area contributed by atoms with Gasteiger partial charge in [0.2, 0.25) is 5.91 Å². The topological polar surface area (TPSA) is 58.2 Å². The summed E-state index contributed by atoms with van der Waals surface area (Å²) in [5.41, 5.74) is 0.937. The van der Waals surface area contributed by atoms with Crippen LogP contribution in [0.2, 0.25) is 0 Å². The highest BCUT2D eigenvalue weighted by atomic mass is 32.2. The first-order valence-corrected chi connectivity index (χ1v) is 9.55. The second-order valence-electron chi connectivity index (χ2n) is 5.89. The van der Waals surface area contributed by atoms with Crippen molar-refractivity contribution in [1.29, 1.82) is 0 Å². The monoisotopic (exact) mass is 376 g/mol. The van der Waals surface area contributed by atoms with Gasteiger partial charge in [-0.15, -0.1) is 18.3 Å². The molecule has 3 aromatic carbocycles. The van der Waals surface area contributed by atoms with Gasteiger partial charge in [0.15, 0.2) is 0 Å². The Balaban J connectivity index is 1.63. The summed E-state index contributed by atoms with van der Waals surface area (Å²) in [6.07, 6.45) is 1.61. The number of para-hydroxylation sites is 1. The Morgan fingerprint density at radius 1 is 0.963 bits per heavy atom. The van der Waals surface area contributed by atoms with Crippen molar-refractivity contribution in [1.82, 2.24) is 5.32 Å². The molecule has 136 valence electrons. The lowest BCUT2D eigenvalue weighted by atomic mass is 10.1. The number of rotatable bonds is 7. The van der Waals surface area contributed by atoms with Gasteiger partial charge in [-0.2, -0.15) is 0 Å². The Morgan fingerprint density at radius 3 is 2.52 bits per heavy atom. The van der Waals surface area contributed by atoms with Gasteiger partial charge in [0, 0.05) is 11.4 Å². The molecule has 2 amide bonds. The molecule has 0 aromatic heterocycles. The minimum Gasteiger partial charge on any atom is -0.349 e. The molecule has 3 rings (SSSR count). The van der Waals surface area contributed by atoms with Crippen LogP contribution in [0.3, 0.4) is 0 Å². The van der Waals surface area contributed by atoms with Crippen LogP contribution in [0.25, 0.3) is 10.8 Å². The van der Waals surface area contributed by atoms with Gasteiger partial charge in [-0.25, -0.2) is 0 Å². The van der Waals surface area contributed by atoms with Crippen molar-refractivity contribution in [2.45, 2.75) is 4.90 Å². The average molecular weight is 376 g/mol. The van der Waals surface area contributed by atoms with Crippen LogP contribution in [0.5, 0.6) is 0 Å². The minimum atomic E-state index is -0.243. The number of nitrogens with one attached hydrogen (secondary N) is 2. The molecule has 0 bridgehead atoms. The summed E-state index contributed by atoms with van der Waals surface area (Å²) in [6.45, 7) is 3.96. The molecule has 0 unspecified atom stereocenters. The summed E-state index contributed by atoms with van der Waals surface area (Å²) < 4.78 is 0. The summed E-state index contributed by atoms with van der Waals surface area (Å²) in [6, 6.07) is 21.2. The maximum atomic E-state index is 12.4. The van der Waals surface area contributed by atoms with Crippen molar-refractivity contribution in [3.05, 3.63) is 84.9 Å². The quantitative estimate of drug-likeness (QED) is 0.472. The summed E-state index contributed by atoms with van der Waals surface area (Å²) in [4.78, 5) is 25.6. The molecule has 0 aliphatic carbocycles. The molecule has 0 radical (unpaired) electrons. The Morgan fingerprint density at radius 2 is 1.70 bits per heavy atom. The summed E-state index contributed by atoms with van der Waals surface area (Å²) >= 11 is 1.46. The lowest BCUT2D eigenvalue weighted by Crippen LogP contribution is -2.25. The van der Waals surface area contributed by atoms with E-state index in [4.69, 9.17) is 0 Å². The fraction of sp³-hybridized carbons (Fsp3) is 0.0909. The maximum absolute atomic E-state index is 12.4. The van der Waals surface area contributed by atoms with E-state index in [0.717, 1.165) is 10.3 Å². The van der Waals surface area contributed by atoms with Gasteiger partial charge in [-0.1, -0.05) is 48.5 Å². The molecule has 0 saturated heterocycles. The maximum Gasteiger partial charge on any atom is 0.253 e. The molecule has 0 aliphatic rings. The molecular formula is C22H20N2O2S. The molecule has 27 heavy (non-hydrogen) atoms. The lowest BCUT2D eigenvalue weighted by Gasteiger charge is -2.11. The molecule has 3 aromatic rings. The molecule has 5 heteroatoms. The van der Waals surface area contributed by atoms with Crippen molar-refractivity contribution in [3.8, 4) is 0 Å². The van der Waals surface area contributed by atoms with Crippen LogP contribution < -0.4 is 10.6 Å². The lowest BCUT2D eigenvalue weighted by molar-refractivity contribution is -0.113. The third-order valence-corrected chi connectivity index (χ3v) is 4.94. The number of carbonyl (C=O) groups is 2. The highest BCUT2D eigenvalue weighted by Crippen LogP contribution is 2.24. The predicted octanol–water partition coefficient (Wildman–Crippen LogP) is 4.49. The molecule has 0 spiro atoms. The van der Waals surface area contributed by atoms with E-state index in [0.29, 0.717) is 17.8 Å². The van der Waals surface area contributed by atoms with Crippen LogP contribution >= 0.6 is 11.8 Å². The van der Waals surface area contributed by atoms with Gasteiger partial charge in [-0.3, -0.25) is 9.59 Å². The average Bonchev–Trinajstić information content (AvgIpc) is 2.70. The molecule has 0 fully saturated rings. The zero-order valence-electron chi connectivity index (χ0n) is 14.8. The predicted molar refractivity (Wildman–Crippen MR) is 112 cm³/mol. The van der Waals surface area contributed by atoms with Crippen molar-refractivity contribution < 1.29 is 9.59 Å². The van der Waals surface area contributed by atoms with Crippen molar-refractivity contribution in [3.63, 3.8) is 0 Å². The number of thioether (sulfide) groups is 1. The van der Waals surface area contributed by atoms with E-state index in [9.17, 15) is 9.59 Å².